The number of aryl methyl sites for hydroxylation is 1. The maximum Gasteiger partial charge on any atom is 0.146 e. The van der Waals surface area contributed by atoms with Gasteiger partial charge in [-0.2, -0.15) is 0 Å². The van der Waals surface area contributed by atoms with Gasteiger partial charge < -0.3 is 14.6 Å². The zero-order valence-electron chi connectivity index (χ0n) is 13.0. The molecule has 0 aliphatic carbocycles. The highest BCUT2D eigenvalue weighted by Gasteiger charge is 2.10. The zero-order chi connectivity index (χ0) is 15.5. The van der Waals surface area contributed by atoms with Gasteiger partial charge in [-0.3, -0.25) is 0 Å². The number of ether oxygens (including phenoxy) is 1. The van der Waals surface area contributed by atoms with Crippen LogP contribution < -0.4 is 10.1 Å². The third-order valence-corrected chi connectivity index (χ3v) is 3.39. The number of nitrogens with zero attached hydrogens (tertiary/aromatic N) is 2. The molecule has 0 bridgehead atoms. The minimum Gasteiger partial charge on any atom is -0.484 e. The summed E-state index contributed by atoms with van der Waals surface area (Å²) in [6.45, 7) is 7.60. The molecule has 21 heavy (non-hydrogen) atoms. The smallest absolute Gasteiger partial charge is 0.146 e. The Bertz CT molecular complexity index is 602. The SMILES string of the molecule is Cn1ccnc1COc1ccc(CNC(C)(C)C)cc1Cl. The van der Waals surface area contributed by atoms with E-state index >= 15 is 0 Å². The molecule has 0 saturated heterocycles. The minimum atomic E-state index is 0.0832. The molecule has 5 heteroatoms. The number of benzene rings is 1. The fourth-order valence-electron chi connectivity index (χ4n) is 1.82. The first-order valence-electron chi connectivity index (χ1n) is 6.97. The molecule has 0 saturated carbocycles. The number of imidazole rings is 1. The van der Waals surface area contributed by atoms with Crippen molar-refractivity contribution in [3.63, 3.8) is 0 Å². The van der Waals surface area contributed by atoms with Crippen LogP contribution in [0.4, 0.5) is 0 Å². The van der Waals surface area contributed by atoms with E-state index in [-0.39, 0.29) is 5.54 Å². The lowest BCUT2D eigenvalue weighted by Crippen LogP contribution is -2.35. The quantitative estimate of drug-likeness (QED) is 0.918. The van der Waals surface area contributed by atoms with Crippen molar-refractivity contribution < 1.29 is 4.74 Å². The van der Waals surface area contributed by atoms with Crippen molar-refractivity contribution in [3.8, 4) is 5.75 Å². The lowest BCUT2D eigenvalue weighted by molar-refractivity contribution is 0.292. The Morgan fingerprint density at radius 3 is 2.67 bits per heavy atom. The second-order valence-corrected chi connectivity index (χ2v) is 6.52. The summed E-state index contributed by atoms with van der Waals surface area (Å²) in [7, 11) is 1.94. The highest BCUT2D eigenvalue weighted by molar-refractivity contribution is 6.32. The molecule has 0 atom stereocenters. The first-order chi connectivity index (χ1) is 9.85. The number of hydrogen-bond acceptors (Lipinski definition) is 3. The molecule has 0 amide bonds. The molecule has 0 aliphatic heterocycles. The van der Waals surface area contributed by atoms with E-state index in [9.17, 15) is 0 Å². The third-order valence-electron chi connectivity index (χ3n) is 3.10. The molecule has 114 valence electrons. The van der Waals surface area contributed by atoms with Crippen molar-refractivity contribution in [2.45, 2.75) is 39.5 Å². The van der Waals surface area contributed by atoms with Gasteiger partial charge >= 0.3 is 0 Å². The molecule has 2 rings (SSSR count). The van der Waals surface area contributed by atoms with Crippen LogP contribution in [0.25, 0.3) is 0 Å². The first kappa shape index (κ1) is 15.9. The Balaban J connectivity index is 1.97. The summed E-state index contributed by atoms with van der Waals surface area (Å²) in [5.74, 6) is 1.55. The van der Waals surface area contributed by atoms with Crippen molar-refractivity contribution in [1.82, 2.24) is 14.9 Å². The summed E-state index contributed by atoms with van der Waals surface area (Å²) in [5.41, 5.74) is 1.22. The lowest BCUT2D eigenvalue weighted by atomic mass is 10.1. The van der Waals surface area contributed by atoms with Gasteiger partial charge in [0.2, 0.25) is 0 Å². The predicted molar refractivity (Wildman–Crippen MR) is 85.6 cm³/mol. The fraction of sp³-hybridized carbons (Fsp3) is 0.438. The molecule has 4 nitrogen and oxygen atoms in total. The highest BCUT2D eigenvalue weighted by atomic mass is 35.5. The third kappa shape index (κ3) is 4.76. The van der Waals surface area contributed by atoms with E-state index in [1.54, 1.807) is 6.20 Å². The second kappa shape index (κ2) is 6.50. The molecule has 2 aromatic rings. The molecular weight excluding hydrogens is 286 g/mol. The zero-order valence-corrected chi connectivity index (χ0v) is 13.7. The number of nitrogens with one attached hydrogen (secondary N) is 1. The Hall–Kier alpha value is -1.52. The van der Waals surface area contributed by atoms with Crippen molar-refractivity contribution in [2.24, 2.45) is 7.05 Å². The maximum atomic E-state index is 6.28. The second-order valence-electron chi connectivity index (χ2n) is 6.11. The standard InChI is InChI=1S/C16H22ClN3O/c1-16(2,3)19-10-12-5-6-14(13(17)9-12)21-11-15-18-7-8-20(15)4/h5-9,19H,10-11H2,1-4H3. The minimum absolute atomic E-state index is 0.0832. The summed E-state index contributed by atoms with van der Waals surface area (Å²) < 4.78 is 7.65. The summed E-state index contributed by atoms with van der Waals surface area (Å²) in [5, 5.41) is 4.06. The normalized spacial score (nSPS) is 11.7. The molecule has 0 unspecified atom stereocenters. The number of aromatic nitrogens is 2. The van der Waals surface area contributed by atoms with Gasteiger partial charge in [0.25, 0.3) is 0 Å². The van der Waals surface area contributed by atoms with Crippen LogP contribution in [-0.4, -0.2) is 15.1 Å². The molecule has 0 fully saturated rings. The van der Waals surface area contributed by atoms with E-state index in [1.165, 1.54) is 0 Å². The van der Waals surface area contributed by atoms with E-state index in [4.69, 9.17) is 16.3 Å². The van der Waals surface area contributed by atoms with Crippen molar-refractivity contribution in [1.29, 1.82) is 0 Å². The average molecular weight is 308 g/mol. The Labute approximate surface area is 131 Å². The highest BCUT2D eigenvalue weighted by Crippen LogP contribution is 2.26. The van der Waals surface area contributed by atoms with Crippen LogP contribution in [0.5, 0.6) is 5.75 Å². The van der Waals surface area contributed by atoms with Crippen LogP contribution in [0.3, 0.4) is 0 Å². The van der Waals surface area contributed by atoms with Crippen molar-refractivity contribution in [2.75, 3.05) is 0 Å². The van der Waals surface area contributed by atoms with Gasteiger partial charge in [-0.15, -0.1) is 0 Å². The molecule has 1 N–H and O–H groups in total. The summed E-state index contributed by atoms with van der Waals surface area (Å²) >= 11 is 6.28. The van der Waals surface area contributed by atoms with Crippen LogP contribution in [-0.2, 0) is 20.2 Å². The number of hydrogen-bond donors (Lipinski definition) is 1. The topological polar surface area (TPSA) is 39.1 Å². The van der Waals surface area contributed by atoms with Gasteiger partial charge in [0.1, 0.15) is 18.2 Å². The molecule has 0 aliphatic rings. The number of halogens is 1. The summed E-state index contributed by atoms with van der Waals surface area (Å²) in [4.78, 5) is 4.22. The predicted octanol–water partition coefficient (Wildman–Crippen LogP) is 3.54. The first-order valence-corrected chi connectivity index (χ1v) is 7.35. The largest absolute Gasteiger partial charge is 0.484 e. The van der Waals surface area contributed by atoms with E-state index < -0.39 is 0 Å². The Kier molecular flexibility index (Phi) is 4.91. The number of rotatable bonds is 5. The molecular formula is C16H22ClN3O. The van der Waals surface area contributed by atoms with Gasteiger partial charge in [0.15, 0.2) is 0 Å². The van der Waals surface area contributed by atoms with Crippen LogP contribution >= 0.6 is 11.6 Å². The molecule has 1 aromatic heterocycles. The van der Waals surface area contributed by atoms with Gasteiger partial charge in [-0.1, -0.05) is 17.7 Å². The Morgan fingerprint density at radius 1 is 1.33 bits per heavy atom. The van der Waals surface area contributed by atoms with Crippen molar-refractivity contribution >= 4 is 11.6 Å². The molecule has 1 aromatic carbocycles. The molecule has 1 heterocycles. The van der Waals surface area contributed by atoms with Crippen LogP contribution in [0, 0.1) is 0 Å². The summed E-state index contributed by atoms with van der Waals surface area (Å²) in [6, 6.07) is 5.87. The van der Waals surface area contributed by atoms with Gasteiger partial charge in [-0.25, -0.2) is 4.98 Å². The lowest BCUT2D eigenvalue weighted by Gasteiger charge is -2.20. The van der Waals surface area contributed by atoms with Crippen LogP contribution in [0.2, 0.25) is 5.02 Å². The van der Waals surface area contributed by atoms with Gasteiger partial charge in [0.05, 0.1) is 5.02 Å². The summed E-state index contributed by atoms with van der Waals surface area (Å²) in [6.07, 6.45) is 3.64. The van der Waals surface area contributed by atoms with E-state index in [0.717, 1.165) is 17.9 Å². The fourth-order valence-corrected chi connectivity index (χ4v) is 2.07. The van der Waals surface area contributed by atoms with Gasteiger partial charge in [0, 0.05) is 31.5 Å². The maximum absolute atomic E-state index is 6.28. The van der Waals surface area contributed by atoms with Crippen molar-refractivity contribution in [3.05, 3.63) is 47.0 Å². The Morgan fingerprint density at radius 2 is 2.10 bits per heavy atom. The molecule has 0 spiro atoms. The van der Waals surface area contributed by atoms with E-state index in [0.29, 0.717) is 17.4 Å². The van der Waals surface area contributed by atoms with E-state index in [2.05, 4.69) is 31.1 Å². The van der Waals surface area contributed by atoms with E-state index in [1.807, 2.05) is 36.0 Å². The van der Waals surface area contributed by atoms with Gasteiger partial charge in [-0.05, 0) is 38.5 Å². The monoisotopic (exact) mass is 307 g/mol. The van der Waals surface area contributed by atoms with Crippen LogP contribution in [0.15, 0.2) is 30.6 Å². The molecule has 0 radical (unpaired) electrons. The average Bonchev–Trinajstić information content (AvgIpc) is 2.80. The van der Waals surface area contributed by atoms with Crippen LogP contribution in [0.1, 0.15) is 32.2 Å².